The van der Waals surface area contributed by atoms with Crippen molar-refractivity contribution in [2.75, 3.05) is 13.1 Å². The Balaban J connectivity index is 1.68. The van der Waals surface area contributed by atoms with Crippen LogP contribution in [0.4, 0.5) is 3.89 Å². The van der Waals surface area contributed by atoms with Gasteiger partial charge in [-0.25, -0.2) is 0 Å². The van der Waals surface area contributed by atoms with Gasteiger partial charge in [0, 0.05) is 41.1 Å². The Kier molecular flexibility index (Phi) is 5.25. The molecule has 1 saturated heterocycles. The van der Waals surface area contributed by atoms with Crippen LogP contribution in [0, 0.1) is 11.3 Å². The van der Waals surface area contributed by atoms with Gasteiger partial charge in [0.25, 0.3) is 0 Å². The maximum Gasteiger partial charge on any atom is 0.488 e. The number of halogens is 1. The largest absolute Gasteiger partial charge is 0.488 e. The molecular weight excluding hydrogens is 497 g/mol. The molecule has 4 heterocycles. The number of hydrogen-bond donors (Lipinski definition) is 2. The number of nitrogens with zero attached hydrogens (tertiary/aromatic N) is 3. The van der Waals surface area contributed by atoms with Crippen molar-refractivity contribution in [1.29, 1.82) is 5.26 Å². The second-order valence-electron chi connectivity index (χ2n) is 9.00. The number of nitriles is 1. The number of pyridine rings is 2. The molecule has 37 heavy (non-hydrogen) atoms. The zero-order chi connectivity index (χ0) is 25.9. The molecule has 3 aromatic heterocycles. The third-order valence-electron chi connectivity index (χ3n) is 6.83. The highest BCUT2D eigenvalue weighted by Gasteiger charge is 2.26. The highest BCUT2D eigenvalue weighted by Crippen LogP contribution is 2.35. The predicted octanol–water partition coefficient (Wildman–Crippen LogP) is 3.87. The Morgan fingerprint density at radius 1 is 1.19 bits per heavy atom. The molecule has 1 fully saturated rings. The minimum absolute atomic E-state index is 0.0823. The molecule has 11 heteroatoms. The predicted molar refractivity (Wildman–Crippen MR) is 137 cm³/mol. The normalized spacial score (nSPS) is 14.2. The molecule has 0 aliphatic carbocycles. The molecule has 186 valence electrons. The zero-order valence-corrected chi connectivity index (χ0v) is 20.4. The lowest BCUT2D eigenvalue weighted by molar-refractivity contribution is 0.357. The van der Waals surface area contributed by atoms with Crippen LogP contribution < -0.4 is 14.9 Å². The van der Waals surface area contributed by atoms with Gasteiger partial charge in [0.2, 0.25) is 0 Å². The van der Waals surface area contributed by atoms with Gasteiger partial charge in [-0.05, 0) is 47.9 Å². The van der Waals surface area contributed by atoms with Gasteiger partial charge in [0.15, 0.2) is 11.2 Å². The van der Waals surface area contributed by atoms with Crippen LogP contribution in [0.1, 0.15) is 24.1 Å². The Labute approximate surface area is 210 Å². The maximum atomic E-state index is 13.9. The van der Waals surface area contributed by atoms with Crippen LogP contribution in [0.5, 0.6) is 5.75 Å². The highest BCUT2D eigenvalue weighted by atomic mass is 32.3. The van der Waals surface area contributed by atoms with Crippen LogP contribution >= 0.6 is 0 Å². The average Bonchev–Trinajstić information content (AvgIpc) is 3.22. The minimum Gasteiger partial charge on any atom is -0.357 e. The molecule has 1 aliphatic rings. The minimum atomic E-state index is -5.20. The van der Waals surface area contributed by atoms with Crippen LogP contribution in [0.2, 0.25) is 0 Å². The van der Waals surface area contributed by atoms with Crippen molar-refractivity contribution in [3.05, 3.63) is 70.1 Å². The zero-order valence-electron chi connectivity index (χ0n) is 19.6. The molecule has 0 saturated carbocycles. The van der Waals surface area contributed by atoms with E-state index in [2.05, 4.69) is 30.1 Å². The van der Waals surface area contributed by atoms with Gasteiger partial charge >= 0.3 is 10.5 Å². The quantitative estimate of drug-likeness (QED) is 0.339. The van der Waals surface area contributed by atoms with Crippen LogP contribution in [-0.4, -0.2) is 36.0 Å². The lowest BCUT2D eigenvalue weighted by atomic mass is 9.95. The summed E-state index contributed by atoms with van der Waals surface area (Å²) in [5.41, 5.74) is 4.55. The lowest BCUT2D eigenvalue weighted by Gasteiger charge is -2.32. The Morgan fingerprint density at radius 2 is 2.00 bits per heavy atom. The molecule has 1 aliphatic heterocycles. The summed E-state index contributed by atoms with van der Waals surface area (Å²) in [6.07, 6.45) is 3.24. The molecule has 9 nitrogen and oxygen atoms in total. The smallest absolute Gasteiger partial charge is 0.357 e. The van der Waals surface area contributed by atoms with Gasteiger partial charge in [-0.1, -0.05) is 16.9 Å². The molecule has 2 aromatic carbocycles. The Hall–Kier alpha value is -4.27. The van der Waals surface area contributed by atoms with E-state index in [-0.39, 0.29) is 17.2 Å². The summed E-state index contributed by atoms with van der Waals surface area (Å²) in [4.78, 5) is 21.3. The van der Waals surface area contributed by atoms with Gasteiger partial charge in [0.05, 0.1) is 34.8 Å². The standard InChI is InChI=1S/C26H20FN5O4S/c1-2-15-7-21-23(8-20(15)16-6-18(13-29-10-16)36-37(27,34)35)32(17-11-30-12-17)26-24(25(21)33)19-4-3-14(9-28)5-22(19)31-26/h3-8,10,13,17,30-31H,2,11-12H2,1H3. The third kappa shape index (κ3) is 3.82. The number of rotatable bonds is 5. The van der Waals surface area contributed by atoms with Gasteiger partial charge in [-0.15, -0.1) is 0 Å². The molecule has 0 amide bonds. The molecule has 0 bridgehead atoms. The molecule has 0 atom stereocenters. The number of fused-ring (bicyclic) bond motifs is 4. The molecule has 6 rings (SSSR count). The van der Waals surface area contributed by atoms with E-state index in [4.69, 9.17) is 0 Å². The topological polar surface area (TPSA) is 130 Å². The summed E-state index contributed by atoms with van der Waals surface area (Å²) in [6, 6.07) is 12.6. The summed E-state index contributed by atoms with van der Waals surface area (Å²) >= 11 is 0. The first-order chi connectivity index (χ1) is 17.8. The average molecular weight is 518 g/mol. The number of aromatic amines is 1. The van der Waals surface area contributed by atoms with E-state index in [9.17, 15) is 22.4 Å². The monoisotopic (exact) mass is 517 g/mol. The summed E-state index contributed by atoms with van der Waals surface area (Å²) in [7, 11) is -5.20. The fourth-order valence-corrected chi connectivity index (χ4v) is 5.38. The van der Waals surface area contributed by atoms with Gasteiger partial charge in [-0.3, -0.25) is 9.78 Å². The van der Waals surface area contributed by atoms with Gasteiger partial charge < -0.3 is 19.1 Å². The van der Waals surface area contributed by atoms with Crippen molar-refractivity contribution < 1.29 is 16.5 Å². The van der Waals surface area contributed by atoms with E-state index >= 15 is 0 Å². The van der Waals surface area contributed by atoms with E-state index in [0.29, 0.717) is 45.0 Å². The van der Waals surface area contributed by atoms with Crippen LogP contribution in [-0.2, 0) is 16.9 Å². The van der Waals surface area contributed by atoms with Crippen molar-refractivity contribution in [1.82, 2.24) is 19.9 Å². The van der Waals surface area contributed by atoms with Crippen molar-refractivity contribution in [3.63, 3.8) is 0 Å². The van der Waals surface area contributed by atoms with Crippen LogP contribution in [0.25, 0.3) is 44.0 Å². The Bertz CT molecular complexity index is 1950. The van der Waals surface area contributed by atoms with E-state index in [1.807, 2.05) is 19.1 Å². The first-order valence-corrected chi connectivity index (χ1v) is 12.9. The SMILES string of the molecule is CCc1cc2c(=O)c3c4ccc(C#N)cc4[nH]c3n(C3CNC3)c2cc1-c1cncc(OS(=O)(=O)F)c1. The third-order valence-corrected chi connectivity index (χ3v) is 7.22. The molecule has 0 radical (unpaired) electrons. The number of benzene rings is 2. The number of H-pyrrole nitrogens is 1. The van der Waals surface area contributed by atoms with E-state index in [1.165, 1.54) is 12.3 Å². The molecule has 2 N–H and O–H groups in total. The molecular formula is C26H20FN5O4S. The van der Waals surface area contributed by atoms with Gasteiger partial charge in [-0.2, -0.15) is 13.7 Å². The fourth-order valence-electron chi connectivity index (χ4n) is 5.06. The lowest BCUT2D eigenvalue weighted by Crippen LogP contribution is -2.44. The van der Waals surface area contributed by atoms with E-state index in [1.54, 1.807) is 18.2 Å². The van der Waals surface area contributed by atoms with Gasteiger partial charge in [0.1, 0.15) is 5.65 Å². The van der Waals surface area contributed by atoms with Crippen molar-refractivity contribution in [2.24, 2.45) is 0 Å². The first-order valence-electron chi connectivity index (χ1n) is 11.6. The van der Waals surface area contributed by atoms with E-state index in [0.717, 1.165) is 35.8 Å². The van der Waals surface area contributed by atoms with Crippen LogP contribution in [0.3, 0.4) is 0 Å². The number of aryl methyl sites for hydroxylation is 1. The molecule has 0 unspecified atom stereocenters. The fraction of sp³-hybridized carbons (Fsp3) is 0.192. The summed E-state index contributed by atoms with van der Waals surface area (Å²) in [5.74, 6) is -0.248. The summed E-state index contributed by atoms with van der Waals surface area (Å²) in [6.45, 7) is 3.39. The number of nitrogens with one attached hydrogen (secondary N) is 2. The van der Waals surface area contributed by atoms with Crippen molar-refractivity contribution in [3.8, 4) is 22.9 Å². The van der Waals surface area contributed by atoms with Crippen LogP contribution in [0.15, 0.2) is 53.6 Å². The van der Waals surface area contributed by atoms with Crippen molar-refractivity contribution in [2.45, 2.75) is 19.4 Å². The Morgan fingerprint density at radius 3 is 2.68 bits per heavy atom. The summed E-state index contributed by atoms with van der Waals surface area (Å²) < 4.78 is 41.6. The second kappa shape index (κ2) is 8.40. The number of hydrogen-bond acceptors (Lipinski definition) is 7. The number of aromatic nitrogens is 3. The maximum absolute atomic E-state index is 13.9. The van der Waals surface area contributed by atoms with E-state index < -0.39 is 10.5 Å². The summed E-state index contributed by atoms with van der Waals surface area (Å²) in [5, 5.41) is 14.5. The van der Waals surface area contributed by atoms with Crippen molar-refractivity contribution >= 4 is 43.3 Å². The molecule has 0 spiro atoms. The highest BCUT2D eigenvalue weighted by molar-refractivity contribution is 7.81. The first kappa shape index (κ1) is 23.1. The second-order valence-corrected chi connectivity index (χ2v) is 9.95. The molecule has 5 aromatic rings.